The summed E-state index contributed by atoms with van der Waals surface area (Å²) in [7, 11) is 0. The molecule has 2 heterocycles. The van der Waals surface area contributed by atoms with Gasteiger partial charge in [-0.25, -0.2) is 4.98 Å². The molecular formula is C12H19N3O. The fourth-order valence-electron chi connectivity index (χ4n) is 1.64. The third-order valence-corrected chi connectivity index (χ3v) is 2.31. The van der Waals surface area contributed by atoms with Gasteiger partial charge in [-0.05, 0) is 19.1 Å². The van der Waals surface area contributed by atoms with Crippen molar-refractivity contribution in [3.63, 3.8) is 0 Å². The van der Waals surface area contributed by atoms with Crippen molar-refractivity contribution in [3.05, 3.63) is 23.9 Å². The van der Waals surface area contributed by atoms with Crippen molar-refractivity contribution in [1.29, 1.82) is 0 Å². The zero-order chi connectivity index (χ0) is 12.1. The van der Waals surface area contributed by atoms with Crippen LogP contribution >= 0.6 is 0 Å². The maximum absolute atomic E-state index is 11.5. The van der Waals surface area contributed by atoms with Gasteiger partial charge in [0.1, 0.15) is 5.82 Å². The number of aromatic nitrogens is 1. The van der Waals surface area contributed by atoms with Crippen molar-refractivity contribution < 1.29 is 4.79 Å². The fourth-order valence-corrected chi connectivity index (χ4v) is 1.64. The molecule has 1 aromatic rings. The van der Waals surface area contributed by atoms with E-state index in [0.29, 0.717) is 18.8 Å². The molecule has 1 aliphatic heterocycles. The second kappa shape index (κ2) is 5.61. The number of aryl methyl sites for hydroxylation is 1. The lowest BCUT2D eigenvalue weighted by atomic mass is 10.3. The Kier molecular flexibility index (Phi) is 4.43. The first-order valence-electron chi connectivity index (χ1n) is 5.66. The number of pyridine rings is 1. The van der Waals surface area contributed by atoms with E-state index in [1.807, 2.05) is 39.0 Å². The molecule has 4 nitrogen and oxygen atoms in total. The second-order valence-electron chi connectivity index (χ2n) is 3.61. The molecule has 0 spiro atoms. The van der Waals surface area contributed by atoms with Crippen LogP contribution in [0.25, 0.3) is 0 Å². The highest BCUT2D eigenvalue weighted by atomic mass is 16.2. The highest BCUT2D eigenvalue weighted by Gasteiger charge is 2.28. The highest BCUT2D eigenvalue weighted by Crippen LogP contribution is 2.18. The summed E-state index contributed by atoms with van der Waals surface area (Å²) >= 11 is 0. The lowest BCUT2D eigenvalue weighted by molar-refractivity contribution is -0.117. The highest BCUT2D eigenvalue weighted by molar-refractivity contribution is 5.95. The summed E-state index contributed by atoms with van der Waals surface area (Å²) in [6.45, 7) is 6.49. The Morgan fingerprint density at radius 2 is 2.12 bits per heavy atom. The first-order chi connectivity index (χ1) is 7.66. The maximum atomic E-state index is 11.5. The Bertz CT molecular complexity index is 365. The number of hydrogen-bond acceptors (Lipinski definition) is 3. The Balaban J connectivity index is 0.000000606. The van der Waals surface area contributed by atoms with Crippen LogP contribution < -0.4 is 10.6 Å². The van der Waals surface area contributed by atoms with Crippen LogP contribution in [-0.2, 0) is 4.79 Å². The Morgan fingerprint density at radius 1 is 1.44 bits per heavy atom. The van der Waals surface area contributed by atoms with E-state index < -0.39 is 0 Å². The van der Waals surface area contributed by atoms with E-state index in [9.17, 15) is 4.79 Å². The van der Waals surface area contributed by atoms with Gasteiger partial charge in [-0.2, -0.15) is 0 Å². The summed E-state index contributed by atoms with van der Waals surface area (Å²) in [5.41, 5.74) is 6.61. The van der Waals surface area contributed by atoms with E-state index in [4.69, 9.17) is 5.73 Å². The van der Waals surface area contributed by atoms with Crippen LogP contribution in [-0.4, -0.2) is 23.5 Å². The zero-order valence-electron chi connectivity index (χ0n) is 10.1. The minimum absolute atomic E-state index is 0.0511. The number of hydrogen-bond donors (Lipinski definition) is 1. The van der Waals surface area contributed by atoms with Crippen LogP contribution in [0.4, 0.5) is 5.82 Å². The predicted molar refractivity (Wildman–Crippen MR) is 65.3 cm³/mol. The van der Waals surface area contributed by atoms with Crippen LogP contribution in [0.2, 0.25) is 0 Å². The van der Waals surface area contributed by atoms with Gasteiger partial charge >= 0.3 is 0 Å². The molecule has 1 unspecified atom stereocenters. The molecule has 2 N–H and O–H groups in total. The van der Waals surface area contributed by atoms with Crippen LogP contribution in [0.15, 0.2) is 18.2 Å². The molecule has 1 atom stereocenters. The lowest BCUT2D eigenvalue weighted by Gasteiger charge is -2.14. The van der Waals surface area contributed by atoms with Gasteiger partial charge in [-0.3, -0.25) is 9.69 Å². The number of rotatable bonds is 1. The molecule has 1 aliphatic rings. The average molecular weight is 221 g/mol. The predicted octanol–water partition coefficient (Wildman–Crippen LogP) is 1.48. The molecular weight excluding hydrogens is 202 g/mol. The maximum Gasteiger partial charge on any atom is 0.229 e. The summed E-state index contributed by atoms with van der Waals surface area (Å²) in [4.78, 5) is 17.4. The minimum Gasteiger partial charge on any atom is -0.326 e. The molecule has 0 aromatic carbocycles. The smallest absolute Gasteiger partial charge is 0.229 e. The van der Waals surface area contributed by atoms with Gasteiger partial charge in [0.2, 0.25) is 5.91 Å². The van der Waals surface area contributed by atoms with E-state index in [1.54, 1.807) is 4.90 Å². The Hall–Kier alpha value is -1.42. The van der Waals surface area contributed by atoms with Gasteiger partial charge in [-0.1, -0.05) is 19.9 Å². The van der Waals surface area contributed by atoms with Crippen molar-refractivity contribution in [2.45, 2.75) is 33.2 Å². The van der Waals surface area contributed by atoms with Crippen molar-refractivity contribution >= 4 is 11.7 Å². The average Bonchev–Trinajstić information content (AvgIpc) is 2.61. The fraction of sp³-hybridized carbons (Fsp3) is 0.500. The van der Waals surface area contributed by atoms with Gasteiger partial charge in [-0.15, -0.1) is 0 Å². The van der Waals surface area contributed by atoms with Gasteiger partial charge in [0.05, 0.1) is 0 Å². The molecule has 2 rings (SSSR count). The lowest BCUT2D eigenvalue weighted by Crippen LogP contribution is -2.28. The largest absolute Gasteiger partial charge is 0.326 e. The van der Waals surface area contributed by atoms with Crippen LogP contribution in [0, 0.1) is 6.92 Å². The first-order valence-corrected chi connectivity index (χ1v) is 5.66. The standard InChI is InChI=1S/C10H13N3O.C2H6/c1-7-3-2-4-9(12-7)13-6-8(11)5-10(13)14;1-2/h2-4,8H,5-6,11H2,1H3;1-2H3. The zero-order valence-corrected chi connectivity index (χ0v) is 10.1. The number of nitrogens with two attached hydrogens (primary N) is 1. The van der Waals surface area contributed by atoms with Gasteiger partial charge < -0.3 is 5.73 Å². The third-order valence-electron chi connectivity index (χ3n) is 2.31. The van der Waals surface area contributed by atoms with Crippen molar-refractivity contribution in [1.82, 2.24) is 4.98 Å². The number of amides is 1. The third kappa shape index (κ3) is 2.79. The molecule has 0 saturated carbocycles. The molecule has 1 fully saturated rings. The molecule has 1 amide bonds. The van der Waals surface area contributed by atoms with Crippen molar-refractivity contribution in [2.24, 2.45) is 5.73 Å². The van der Waals surface area contributed by atoms with Crippen molar-refractivity contribution in [3.8, 4) is 0 Å². The van der Waals surface area contributed by atoms with Crippen molar-refractivity contribution in [2.75, 3.05) is 11.4 Å². The summed E-state index contributed by atoms with van der Waals surface area (Å²) in [6.07, 6.45) is 0.426. The molecule has 16 heavy (non-hydrogen) atoms. The molecule has 0 bridgehead atoms. The minimum atomic E-state index is -0.0511. The Morgan fingerprint density at radius 3 is 2.62 bits per heavy atom. The van der Waals surface area contributed by atoms with Crippen LogP contribution in [0.5, 0.6) is 0 Å². The van der Waals surface area contributed by atoms with E-state index in [2.05, 4.69) is 4.98 Å². The first kappa shape index (κ1) is 12.6. The Labute approximate surface area is 96.5 Å². The molecule has 88 valence electrons. The van der Waals surface area contributed by atoms with Crippen LogP contribution in [0.3, 0.4) is 0 Å². The number of nitrogens with zero attached hydrogens (tertiary/aromatic N) is 2. The summed E-state index contributed by atoms with van der Waals surface area (Å²) in [5, 5.41) is 0. The summed E-state index contributed by atoms with van der Waals surface area (Å²) in [5.74, 6) is 0.776. The summed E-state index contributed by atoms with van der Waals surface area (Å²) in [6, 6.07) is 5.59. The van der Waals surface area contributed by atoms with E-state index in [1.165, 1.54) is 0 Å². The monoisotopic (exact) mass is 221 g/mol. The number of carbonyl (C=O) groups excluding carboxylic acids is 1. The molecule has 4 heteroatoms. The quantitative estimate of drug-likeness (QED) is 0.781. The summed E-state index contributed by atoms with van der Waals surface area (Å²) < 4.78 is 0. The van der Waals surface area contributed by atoms with E-state index in [0.717, 1.165) is 5.69 Å². The molecule has 0 aliphatic carbocycles. The van der Waals surface area contributed by atoms with Gasteiger partial charge in [0.15, 0.2) is 0 Å². The molecule has 1 aromatic heterocycles. The topological polar surface area (TPSA) is 59.2 Å². The normalized spacial score (nSPS) is 19.4. The van der Waals surface area contributed by atoms with Crippen LogP contribution in [0.1, 0.15) is 26.0 Å². The van der Waals surface area contributed by atoms with Gasteiger partial charge in [0.25, 0.3) is 0 Å². The SMILES string of the molecule is CC.Cc1cccc(N2CC(N)CC2=O)n1. The van der Waals surface area contributed by atoms with E-state index in [-0.39, 0.29) is 11.9 Å². The molecule has 1 saturated heterocycles. The van der Waals surface area contributed by atoms with E-state index >= 15 is 0 Å². The van der Waals surface area contributed by atoms with Gasteiger partial charge in [0, 0.05) is 24.7 Å². The second-order valence-corrected chi connectivity index (χ2v) is 3.61. The number of carbonyl (C=O) groups is 1. The molecule has 0 radical (unpaired) electrons. The number of anilines is 1.